The molecule has 0 saturated carbocycles. The van der Waals surface area contributed by atoms with Crippen LogP contribution >= 0.6 is 0 Å². The summed E-state index contributed by atoms with van der Waals surface area (Å²) in [7, 11) is 0. The van der Waals surface area contributed by atoms with Crippen LogP contribution in [0, 0.1) is 30.2 Å². The lowest BCUT2D eigenvalue weighted by Gasteiger charge is -2.11. The first-order valence-electron chi connectivity index (χ1n) is 14.3. The van der Waals surface area contributed by atoms with Crippen molar-refractivity contribution in [1.82, 2.24) is 10.6 Å². The van der Waals surface area contributed by atoms with E-state index in [1.54, 1.807) is 6.20 Å². The number of rotatable bonds is 26. The van der Waals surface area contributed by atoms with Gasteiger partial charge in [-0.2, -0.15) is 4.39 Å². The van der Waals surface area contributed by atoms with Gasteiger partial charge in [0.25, 0.3) is 0 Å². The molecule has 0 unspecified atom stereocenters. The largest absolute Gasteiger partial charge is 0.423 e. The number of allylic oxidation sites excluding steroid dienone is 1. The van der Waals surface area contributed by atoms with Crippen molar-refractivity contribution < 1.29 is 41.3 Å². The van der Waals surface area contributed by atoms with Crippen molar-refractivity contribution in [3.63, 3.8) is 0 Å². The zero-order valence-corrected chi connectivity index (χ0v) is 24.3. The average molecular weight is 591 g/mol. The molecule has 0 bridgehead atoms. The zero-order chi connectivity index (χ0) is 30.3. The molecule has 2 N–H and O–H groups in total. The summed E-state index contributed by atoms with van der Waals surface area (Å²) in [5.74, 6) is -8.90. The van der Waals surface area contributed by atoms with Crippen molar-refractivity contribution in [2.75, 3.05) is 52.7 Å². The first-order chi connectivity index (χ1) is 19.8. The van der Waals surface area contributed by atoms with E-state index >= 15 is 0 Å². The van der Waals surface area contributed by atoms with Crippen LogP contribution in [-0.2, 0) is 19.0 Å². The molecule has 1 rings (SSSR count). The predicted octanol–water partition coefficient (Wildman–Crippen LogP) is 6.24. The standard InChI is InChI=1S/C30H46F4N2O5/c1-4-35-15-17-38-19-21-40-22-20-39-18-16-36-23(2)13-11-9-7-5-6-8-10-12-14-25(37)41-30-24(3)26(31)27(32)28(33)29(30)34/h4,35-36H,1-2,5-22H2,3H3. The number of carbonyl (C=O) groups excluding carboxylic acids is 1. The average Bonchev–Trinajstić information content (AvgIpc) is 2.96. The summed E-state index contributed by atoms with van der Waals surface area (Å²) in [5.41, 5.74) is 0.424. The molecule has 0 atom stereocenters. The molecule has 0 heterocycles. The second-order valence-corrected chi connectivity index (χ2v) is 9.54. The minimum atomic E-state index is -1.99. The molecule has 234 valence electrons. The van der Waals surface area contributed by atoms with E-state index in [9.17, 15) is 22.4 Å². The van der Waals surface area contributed by atoms with Crippen LogP contribution in [0.15, 0.2) is 25.1 Å². The topological polar surface area (TPSA) is 78.0 Å². The van der Waals surface area contributed by atoms with Crippen molar-refractivity contribution in [2.45, 2.75) is 71.1 Å². The molecular formula is C30H46F4N2O5. The van der Waals surface area contributed by atoms with Gasteiger partial charge in [0, 0.05) is 30.8 Å². The Balaban J connectivity index is 1.91. The van der Waals surface area contributed by atoms with Crippen LogP contribution in [0.2, 0.25) is 0 Å². The fourth-order valence-electron chi connectivity index (χ4n) is 3.84. The fourth-order valence-corrected chi connectivity index (χ4v) is 3.84. The van der Waals surface area contributed by atoms with Crippen LogP contribution in [-0.4, -0.2) is 58.7 Å². The minimum absolute atomic E-state index is 0.0158. The van der Waals surface area contributed by atoms with Gasteiger partial charge in [-0.15, -0.1) is 0 Å². The van der Waals surface area contributed by atoms with E-state index in [0.29, 0.717) is 52.6 Å². The maximum atomic E-state index is 13.8. The summed E-state index contributed by atoms with van der Waals surface area (Å²) in [6.45, 7) is 13.5. The second-order valence-electron chi connectivity index (χ2n) is 9.54. The summed E-state index contributed by atoms with van der Waals surface area (Å²) >= 11 is 0. The van der Waals surface area contributed by atoms with E-state index in [2.05, 4.69) is 23.8 Å². The van der Waals surface area contributed by atoms with Crippen LogP contribution in [0.25, 0.3) is 0 Å². The maximum Gasteiger partial charge on any atom is 0.311 e. The number of benzene rings is 1. The Morgan fingerprint density at radius 3 is 1.78 bits per heavy atom. The number of hydrogen-bond donors (Lipinski definition) is 2. The Kier molecular flexibility index (Phi) is 20.4. The van der Waals surface area contributed by atoms with E-state index < -0.39 is 40.6 Å². The summed E-state index contributed by atoms with van der Waals surface area (Å²) in [5, 5.41) is 6.23. The molecule has 1 aromatic carbocycles. The first kappa shape index (κ1) is 36.4. The van der Waals surface area contributed by atoms with Crippen molar-refractivity contribution in [3.8, 4) is 5.75 Å². The number of nitrogens with one attached hydrogen (secondary N) is 2. The van der Waals surface area contributed by atoms with Crippen molar-refractivity contribution in [3.05, 3.63) is 53.9 Å². The van der Waals surface area contributed by atoms with Crippen molar-refractivity contribution >= 4 is 5.97 Å². The van der Waals surface area contributed by atoms with Gasteiger partial charge in [-0.25, -0.2) is 13.2 Å². The number of carbonyl (C=O) groups is 1. The Labute approximate surface area is 241 Å². The molecule has 0 aliphatic heterocycles. The third kappa shape index (κ3) is 16.4. The molecule has 7 nitrogen and oxygen atoms in total. The second kappa shape index (κ2) is 23.0. The molecule has 0 amide bonds. The van der Waals surface area contributed by atoms with Crippen LogP contribution < -0.4 is 15.4 Å². The lowest BCUT2D eigenvalue weighted by Crippen LogP contribution is -2.20. The van der Waals surface area contributed by atoms with Gasteiger partial charge in [-0.05, 0) is 32.4 Å². The van der Waals surface area contributed by atoms with Gasteiger partial charge in [0.1, 0.15) is 0 Å². The van der Waals surface area contributed by atoms with E-state index in [4.69, 9.17) is 18.9 Å². The summed E-state index contributed by atoms with van der Waals surface area (Å²) in [6.07, 6.45) is 10.1. The molecule has 41 heavy (non-hydrogen) atoms. The molecule has 0 aliphatic rings. The van der Waals surface area contributed by atoms with Gasteiger partial charge in [-0.3, -0.25) is 4.79 Å². The van der Waals surface area contributed by atoms with Gasteiger partial charge in [0.15, 0.2) is 17.4 Å². The first-order valence-corrected chi connectivity index (χ1v) is 14.3. The van der Waals surface area contributed by atoms with E-state index in [0.717, 1.165) is 70.5 Å². The molecule has 0 radical (unpaired) electrons. The predicted molar refractivity (Wildman–Crippen MR) is 151 cm³/mol. The van der Waals surface area contributed by atoms with E-state index in [1.807, 2.05) is 0 Å². The number of halogens is 4. The van der Waals surface area contributed by atoms with Crippen LogP contribution in [0.3, 0.4) is 0 Å². The summed E-state index contributed by atoms with van der Waals surface area (Å²) in [6, 6.07) is 0. The number of unbranched alkanes of at least 4 members (excludes halogenated alkanes) is 7. The monoisotopic (exact) mass is 590 g/mol. The SMILES string of the molecule is C=CNCCOCCOCCOCCNC(=C)CCCCCCCCCCC(=O)Oc1c(C)c(F)c(F)c(F)c1F. The third-order valence-electron chi connectivity index (χ3n) is 6.17. The van der Waals surface area contributed by atoms with Crippen LogP contribution in [0.5, 0.6) is 5.75 Å². The van der Waals surface area contributed by atoms with Gasteiger partial charge < -0.3 is 29.6 Å². The maximum absolute atomic E-state index is 13.8. The Morgan fingerprint density at radius 1 is 0.707 bits per heavy atom. The fraction of sp³-hybridized carbons (Fsp3) is 0.633. The molecule has 0 aliphatic carbocycles. The van der Waals surface area contributed by atoms with Crippen molar-refractivity contribution in [2.24, 2.45) is 0 Å². The van der Waals surface area contributed by atoms with Gasteiger partial charge in [-0.1, -0.05) is 51.7 Å². The molecule has 1 aromatic rings. The molecule has 0 spiro atoms. The number of esters is 1. The number of hydrogen-bond acceptors (Lipinski definition) is 7. The van der Waals surface area contributed by atoms with Gasteiger partial charge >= 0.3 is 5.97 Å². The highest BCUT2D eigenvalue weighted by atomic mass is 19.2. The smallest absolute Gasteiger partial charge is 0.311 e. The van der Waals surface area contributed by atoms with Crippen LogP contribution in [0.1, 0.15) is 69.8 Å². The Bertz CT molecular complexity index is 888. The van der Waals surface area contributed by atoms with Crippen molar-refractivity contribution in [1.29, 1.82) is 0 Å². The highest BCUT2D eigenvalue weighted by Crippen LogP contribution is 2.30. The van der Waals surface area contributed by atoms with Gasteiger partial charge in [0.05, 0.1) is 39.6 Å². The molecule has 0 aromatic heterocycles. The minimum Gasteiger partial charge on any atom is -0.423 e. The zero-order valence-electron chi connectivity index (χ0n) is 24.3. The normalized spacial score (nSPS) is 11.0. The molecule has 0 saturated heterocycles. The quantitative estimate of drug-likeness (QED) is 0.0330. The highest BCUT2D eigenvalue weighted by molar-refractivity contribution is 5.72. The lowest BCUT2D eigenvalue weighted by molar-refractivity contribution is -0.134. The summed E-state index contributed by atoms with van der Waals surface area (Å²) in [4.78, 5) is 11.9. The number of ether oxygens (including phenoxy) is 4. The molecule has 11 heteroatoms. The Morgan fingerprint density at radius 2 is 1.20 bits per heavy atom. The summed E-state index contributed by atoms with van der Waals surface area (Å²) < 4.78 is 75.1. The third-order valence-corrected chi connectivity index (χ3v) is 6.17. The lowest BCUT2D eigenvalue weighted by atomic mass is 10.1. The molecular weight excluding hydrogens is 544 g/mol. The van der Waals surface area contributed by atoms with Gasteiger partial charge in [0.2, 0.25) is 11.6 Å². The molecule has 0 fully saturated rings. The van der Waals surface area contributed by atoms with E-state index in [-0.39, 0.29) is 6.42 Å². The van der Waals surface area contributed by atoms with Crippen LogP contribution in [0.4, 0.5) is 17.6 Å². The highest BCUT2D eigenvalue weighted by Gasteiger charge is 2.25. The Hall–Kier alpha value is -2.63. The van der Waals surface area contributed by atoms with E-state index in [1.165, 1.54) is 0 Å².